The van der Waals surface area contributed by atoms with Crippen molar-refractivity contribution < 1.29 is 0 Å². The molecule has 0 aliphatic heterocycles. The Hall–Kier alpha value is -1.40. The van der Waals surface area contributed by atoms with Crippen LogP contribution in [0.3, 0.4) is 0 Å². The van der Waals surface area contributed by atoms with Crippen molar-refractivity contribution in [2.75, 3.05) is 11.9 Å². The fraction of sp³-hybridized carbons (Fsp3) is 0.412. The van der Waals surface area contributed by atoms with Crippen LogP contribution in [0.2, 0.25) is 0 Å². The quantitative estimate of drug-likeness (QED) is 0.587. The third kappa shape index (κ3) is 5.04. The average Bonchev–Trinajstić information content (AvgIpc) is 2.70. The zero-order chi connectivity index (χ0) is 17.0. The van der Waals surface area contributed by atoms with Crippen LogP contribution < -0.4 is 10.6 Å². The molecule has 0 saturated carbocycles. The topological polar surface area (TPSA) is 41.9 Å². The summed E-state index contributed by atoms with van der Waals surface area (Å²) in [7, 11) is 0. The van der Waals surface area contributed by atoms with E-state index in [-0.39, 0.29) is 0 Å². The number of thiocarbonyl (C=S) groups is 1. The van der Waals surface area contributed by atoms with Gasteiger partial charge in [-0.2, -0.15) is 5.10 Å². The summed E-state index contributed by atoms with van der Waals surface area (Å²) in [6, 6.07) is 6.33. The number of nitrogens with zero attached hydrogens (tertiary/aromatic N) is 2. The summed E-state index contributed by atoms with van der Waals surface area (Å²) >= 11 is 8.90. The molecule has 0 saturated heterocycles. The highest BCUT2D eigenvalue weighted by molar-refractivity contribution is 9.10. The highest BCUT2D eigenvalue weighted by atomic mass is 79.9. The number of rotatable bonds is 5. The number of aromatic nitrogens is 2. The molecule has 0 radical (unpaired) electrons. The first-order valence-corrected chi connectivity index (χ1v) is 8.89. The van der Waals surface area contributed by atoms with E-state index in [0.29, 0.717) is 5.11 Å². The molecule has 0 fully saturated rings. The molecular weight excluding hydrogens is 372 g/mol. The minimum absolute atomic E-state index is 0.657. The summed E-state index contributed by atoms with van der Waals surface area (Å²) in [5, 5.41) is 11.7. The standard InChI is InChI=1S/C17H23BrN4S/c1-11-8-12(2)10-15(9-11)20-17(23)19-6-5-7-22-14(4)16(18)13(3)21-22/h8-10H,5-7H2,1-4H3,(H2,19,20,23). The number of anilines is 1. The number of aryl methyl sites for hydroxylation is 4. The summed E-state index contributed by atoms with van der Waals surface area (Å²) in [5.74, 6) is 0. The van der Waals surface area contributed by atoms with Crippen molar-refractivity contribution in [3.63, 3.8) is 0 Å². The lowest BCUT2D eigenvalue weighted by Gasteiger charge is -2.12. The third-order valence-corrected chi connectivity index (χ3v) is 5.00. The minimum Gasteiger partial charge on any atom is -0.362 e. The van der Waals surface area contributed by atoms with E-state index in [0.717, 1.165) is 35.4 Å². The van der Waals surface area contributed by atoms with Crippen LogP contribution >= 0.6 is 28.1 Å². The molecule has 0 bridgehead atoms. The molecule has 0 spiro atoms. The second-order valence-electron chi connectivity index (χ2n) is 5.82. The molecule has 2 aromatic rings. The Morgan fingerprint density at radius 2 is 1.83 bits per heavy atom. The van der Waals surface area contributed by atoms with E-state index < -0.39 is 0 Å². The highest BCUT2D eigenvalue weighted by Crippen LogP contribution is 2.19. The number of halogens is 1. The SMILES string of the molecule is Cc1cc(C)cc(NC(=S)NCCCn2nc(C)c(Br)c2C)c1. The van der Waals surface area contributed by atoms with Crippen LogP contribution in [0.25, 0.3) is 0 Å². The Kier molecular flexibility index (Phi) is 6.18. The monoisotopic (exact) mass is 394 g/mol. The molecule has 0 amide bonds. The van der Waals surface area contributed by atoms with Crippen LogP contribution in [0, 0.1) is 27.7 Å². The summed E-state index contributed by atoms with van der Waals surface area (Å²) in [6.07, 6.45) is 0.961. The van der Waals surface area contributed by atoms with Crippen LogP contribution in [0.5, 0.6) is 0 Å². The number of hydrogen-bond acceptors (Lipinski definition) is 2. The largest absolute Gasteiger partial charge is 0.362 e. The number of nitrogens with one attached hydrogen (secondary N) is 2. The second kappa shape index (κ2) is 7.93. The highest BCUT2D eigenvalue weighted by Gasteiger charge is 2.08. The molecule has 2 rings (SSSR count). The van der Waals surface area contributed by atoms with Gasteiger partial charge < -0.3 is 10.6 Å². The molecule has 0 aliphatic carbocycles. The second-order valence-corrected chi connectivity index (χ2v) is 7.02. The smallest absolute Gasteiger partial charge is 0.170 e. The van der Waals surface area contributed by atoms with Crippen LogP contribution in [0.4, 0.5) is 5.69 Å². The summed E-state index contributed by atoms with van der Waals surface area (Å²) in [6.45, 7) is 9.94. The molecule has 0 unspecified atom stereocenters. The first kappa shape index (κ1) is 17.9. The van der Waals surface area contributed by atoms with E-state index in [4.69, 9.17) is 12.2 Å². The Balaban J connectivity index is 1.77. The first-order chi connectivity index (χ1) is 10.9. The molecule has 23 heavy (non-hydrogen) atoms. The van der Waals surface area contributed by atoms with Gasteiger partial charge in [-0.25, -0.2) is 0 Å². The Morgan fingerprint density at radius 1 is 1.17 bits per heavy atom. The maximum absolute atomic E-state index is 5.35. The van der Waals surface area contributed by atoms with Gasteiger partial charge in [-0.05, 0) is 85.5 Å². The average molecular weight is 395 g/mol. The zero-order valence-electron chi connectivity index (χ0n) is 14.0. The van der Waals surface area contributed by atoms with Gasteiger partial charge >= 0.3 is 0 Å². The van der Waals surface area contributed by atoms with E-state index in [1.165, 1.54) is 16.8 Å². The van der Waals surface area contributed by atoms with Gasteiger partial charge in [0.15, 0.2) is 5.11 Å². The van der Waals surface area contributed by atoms with Crippen LogP contribution in [-0.2, 0) is 6.54 Å². The maximum Gasteiger partial charge on any atom is 0.170 e. The molecule has 0 aliphatic rings. The maximum atomic E-state index is 5.35. The van der Waals surface area contributed by atoms with E-state index in [9.17, 15) is 0 Å². The molecule has 6 heteroatoms. The third-order valence-electron chi connectivity index (χ3n) is 3.60. The van der Waals surface area contributed by atoms with Crippen molar-refractivity contribution in [3.8, 4) is 0 Å². The van der Waals surface area contributed by atoms with Crippen molar-refractivity contribution in [3.05, 3.63) is 45.2 Å². The predicted octanol–water partition coefficient (Wildman–Crippen LogP) is 4.26. The van der Waals surface area contributed by atoms with Crippen molar-refractivity contribution in [1.82, 2.24) is 15.1 Å². The normalized spacial score (nSPS) is 10.7. The molecule has 0 atom stereocenters. The Labute approximate surface area is 151 Å². The van der Waals surface area contributed by atoms with Gasteiger partial charge in [0.25, 0.3) is 0 Å². The lowest BCUT2D eigenvalue weighted by atomic mass is 10.1. The molecule has 124 valence electrons. The Morgan fingerprint density at radius 3 is 2.39 bits per heavy atom. The van der Waals surface area contributed by atoms with Crippen molar-refractivity contribution in [1.29, 1.82) is 0 Å². The molecule has 1 aromatic carbocycles. The van der Waals surface area contributed by atoms with Crippen LogP contribution in [-0.4, -0.2) is 21.4 Å². The van der Waals surface area contributed by atoms with E-state index >= 15 is 0 Å². The molecular formula is C17H23BrN4S. The molecule has 1 heterocycles. The molecule has 1 aromatic heterocycles. The number of hydrogen-bond donors (Lipinski definition) is 2. The summed E-state index contributed by atoms with van der Waals surface area (Å²) in [5.41, 5.74) is 5.68. The molecule has 4 nitrogen and oxygen atoms in total. The molecule has 2 N–H and O–H groups in total. The van der Waals surface area contributed by atoms with Gasteiger partial charge in [0, 0.05) is 24.5 Å². The fourth-order valence-electron chi connectivity index (χ4n) is 2.55. The van der Waals surface area contributed by atoms with Crippen LogP contribution in [0.15, 0.2) is 22.7 Å². The van der Waals surface area contributed by atoms with Crippen molar-refractivity contribution in [2.24, 2.45) is 0 Å². The van der Waals surface area contributed by atoms with Gasteiger partial charge in [-0.1, -0.05) is 6.07 Å². The summed E-state index contributed by atoms with van der Waals surface area (Å²) in [4.78, 5) is 0. The summed E-state index contributed by atoms with van der Waals surface area (Å²) < 4.78 is 3.12. The van der Waals surface area contributed by atoms with Crippen molar-refractivity contribution in [2.45, 2.75) is 40.7 Å². The van der Waals surface area contributed by atoms with E-state index in [2.05, 4.69) is 70.6 Å². The van der Waals surface area contributed by atoms with Gasteiger partial charge in [-0.3, -0.25) is 4.68 Å². The zero-order valence-corrected chi connectivity index (χ0v) is 16.4. The van der Waals surface area contributed by atoms with Gasteiger partial charge in [-0.15, -0.1) is 0 Å². The van der Waals surface area contributed by atoms with Gasteiger partial charge in [0.1, 0.15) is 0 Å². The predicted molar refractivity (Wildman–Crippen MR) is 104 cm³/mol. The van der Waals surface area contributed by atoms with E-state index in [1.807, 2.05) is 11.6 Å². The Bertz CT molecular complexity index is 689. The van der Waals surface area contributed by atoms with Gasteiger partial charge in [0.05, 0.1) is 10.2 Å². The van der Waals surface area contributed by atoms with E-state index in [1.54, 1.807) is 0 Å². The number of benzene rings is 1. The van der Waals surface area contributed by atoms with Crippen LogP contribution in [0.1, 0.15) is 28.9 Å². The van der Waals surface area contributed by atoms with Crippen molar-refractivity contribution >= 4 is 38.9 Å². The lowest BCUT2D eigenvalue weighted by Crippen LogP contribution is -2.30. The first-order valence-electron chi connectivity index (χ1n) is 7.69. The fourth-order valence-corrected chi connectivity index (χ4v) is 3.05. The minimum atomic E-state index is 0.657. The van der Waals surface area contributed by atoms with Gasteiger partial charge in [0.2, 0.25) is 0 Å². The lowest BCUT2D eigenvalue weighted by molar-refractivity contribution is 0.558.